The molecule has 1 heterocycles. The molecule has 0 bridgehead atoms. The van der Waals surface area contributed by atoms with Crippen molar-refractivity contribution in [2.24, 2.45) is 0 Å². The maximum absolute atomic E-state index is 12.1. The molecule has 5 nitrogen and oxygen atoms in total. The number of nitrogens with one attached hydrogen (secondary N) is 1. The van der Waals surface area contributed by atoms with E-state index in [1.165, 1.54) is 4.88 Å². The van der Waals surface area contributed by atoms with E-state index < -0.39 is 6.10 Å². The zero-order chi connectivity index (χ0) is 15.5. The zero-order valence-corrected chi connectivity index (χ0v) is 12.9. The van der Waals surface area contributed by atoms with Crippen molar-refractivity contribution >= 4 is 22.4 Å². The minimum atomic E-state index is -0.633. The van der Waals surface area contributed by atoms with Gasteiger partial charge in [-0.3, -0.25) is 10.1 Å². The van der Waals surface area contributed by atoms with Crippen molar-refractivity contribution < 1.29 is 9.53 Å². The number of nitriles is 1. The van der Waals surface area contributed by atoms with Crippen LogP contribution in [0.4, 0.5) is 5.13 Å². The fourth-order valence-corrected chi connectivity index (χ4v) is 3.37. The molecule has 112 valence electrons. The van der Waals surface area contributed by atoms with E-state index in [1.54, 1.807) is 42.5 Å². The van der Waals surface area contributed by atoms with Crippen LogP contribution in [0, 0.1) is 11.3 Å². The number of fused-ring (bicyclic) bond motifs is 1. The smallest absolute Gasteiger partial charge is 0.266 e. The average molecular weight is 313 g/mol. The summed E-state index contributed by atoms with van der Waals surface area (Å²) in [6.07, 6.45) is 2.58. The van der Waals surface area contributed by atoms with E-state index in [0.29, 0.717) is 16.4 Å². The van der Waals surface area contributed by atoms with E-state index in [4.69, 9.17) is 10.00 Å². The van der Waals surface area contributed by atoms with Crippen LogP contribution < -0.4 is 10.1 Å². The molecular formula is C16H15N3O2S. The fourth-order valence-electron chi connectivity index (χ4n) is 2.32. The summed E-state index contributed by atoms with van der Waals surface area (Å²) in [5.74, 6) is 0.333. The van der Waals surface area contributed by atoms with Crippen LogP contribution in [0.1, 0.15) is 29.5 Å². The number of thiazole rings is 1. The Morgan fingerprint density at radius 2 is 2.18 bits per heavy atom. The second-order valence-corrected chi connectivity index (χ2v) is 6.21. The number of nitrogens with zero attached hydrogens (tertiary/aromatic N) is 2. The van der Waals surface area contributed by atoms with Gasteiger partial charge < -0.3 is 4.74 Å². The number of carbonyl (C=O) groups is 1. The molecule has 1 aromatic heterocycles. The van der Waals surface area contributed by atoms with Crippen LogP contribution in [-0.2, 0) is 17.6 Å². The molecule has 0 spiro atoms. The fraction of sp³-hybridized carbons (Fsp3) is 0.312. The Bertz CT molecular complexity index is 709. The van der Waals surface area contributed by atoms with Crippen molar-refractivity contribution in [1.82, 2.24) is 4.98 Å². The molecule has 0 radical (unpaired) electrons. The number of aromatic nitrogens is 1. The van der Waals surface area contributed by atoms with Crippen LogP contribution in [-0.4, -0.2) is 17.0 Å². The van der Waals surface area contributed by atoms with Gasteiger partial charge in [0.1, 0.15) is 5.75 Å². The van der Waals surface area contributed by atoms with Crippen LogP contribution in [0.2, 0.25) is 0 Å². The minimum absolute atomic E-state index is 0.225. The van der Waals surface area contributed by atoms with Gasteiger partial charge in [-0.25, -0.2) is 4.98 Å². The van der Waals surface area contributed by atoms with E-state index in [0.717, 1.165) is 25.0 Å². The van der Waals surface area contributed by atoms with Gasteiger partial charge in [0.2, 0.25) is 0 Å². The summed E-state index contributed by atoms with van der Waals surface area (Å²) in [6, 6.07) is 8.72. The number of rotatable bonds is 4. The Morgan fingerprint density at radius 3 is 2.86 bits per heavy atom. The van der Waals surface area contributed by atoms with Gasteiger partial charge in [-0.2, -0.15) is 5.26 Å². The maximum Gasteiger partial charge on any atom is 0.266 e. The van der Waals surface area contributed by atoms with Crippen LogP contribution in [0.3, 0.4) is 0 Å². The normalized spacial score (nSPS) is 14.0. The maximum atomic E-state index is 12.1. The number of hydrogen-bond donors (Lipinski definition) is 1. The lowest BCUT2D eigenvalue weighted by atomic mass is 10.2. The van der Waals surface area contributed by atoms with E-state index in [-0.39, 0.29) is 5.91 Å². The van der Waals surface area contributed by atoms with Crippen molar-refractivity contribution in [3.8, 4) is 11.8 Å². The van der Waals surface area contributed by atoms with Gasteiger partial charge in [-0.1, -0.05) is 0 Å². The Labute approximate surface area is 132 Å². The molecule has 0 unspecified atom stereocenters. The van der Waals surface area contributed by atoms with Gasteiger partial charge in [-0.15, -0.1) is 11.3 Å². The predicted octanol–water partition coefficient (Wildman–Crippen LogP) is 2.91. The van der Waals surface area contributed by atoms with Gasteiger partial charge in [0.25, 0.3) is 5.91 Å². The third-order valence-electron chi connectivity index (χ3n) is 3.49. The van der Waals surface area contributed by atoms with E-state index >= 15 is 0 Å². The predicted molar refractivity (Wildman–Crippen MR) is 84.0 cm³/mol. The van der Waals surface area contributed by atoms with Gasteiger partial charge in [0.15, 0.2) is 11.2 Å². The molecule has 0 saturated heterocycles. The minimum Gasteiger partial charge on any atom is -0.481 e. The molecular weight excluding hydrogens is 298 g/mol. The summed E-state index contributed by atoms with van der Waals surface area (Å²) in [4.78, 5) is 17.9. The Morgan fingerprint density at radius 1 is 1.41 bits per heavy atom. The highest BCUT2D eigenvalue weighted by atomic mass is 32.1. The zero-order valence-electron chi connectivity index (χ0n) is 12.1. The molecule has 1 aliphatic rings. The Balaban J connectivity index is 1.60. The van der Waals surface area contributed by atoms with Gasteiger partial charge in [0, 0.05) is 4.88 Å². The van der Waals surface area contributed by atoms with Crippen LogP contribution in [0.5, 0.6) is 5.75 Å². The SMILES string of the molecule is C[C@@H](Oc1ccc(C#N)cc1)C(=O)Nc1nc2c(s1)CCC2. The first-order chi connectivity index (χ1) is 10.7. The number of amides is 1. The molecule has 1 atom stereocenters. The van der Waals surface area contributed by atoms with Crippen molar-refractivity contribution in [2.75, 3.05) is 5.32 Å². The lowest BCUT2D eigenvalue weighted by Gasteiger charge is -2.13. The van der Waals surface area contributed by atoms with Crippen molar-refractivity contribution in [3.63, 3.8) is 0 Å². The standard InChI is InChI=1S/C16H15N3O2S/c1-10(21-12-7-5-11(9-17)6-8-12)15(20)19-16-18-13-3-2-4-14(13)22-16/h5-8,10H,2-4H2,1H3,(H,18,19,20)/t10-/m1/s1. The topological polar surface area (TPSA) is 75.0 Å². The molecule has 1 amide bonds. The summed E-state index contributed by atoms with van der Waals surface area (Å²) < 4.78 is 5.58. The highest BCUT2D eigenvalue weighted by Gasteiger charge is 2.20. The van der Waals surface area contributed by atoms with Crippen LogP contribution in [0.15, 0.2) is 24.3 Å². The highest BCUT2D eigenvalue weighted by Crippen LogP contribution is 2.30. The lowest BCUT2D eigenvalue weighted by Crippen LogP contribution is -2.30. The summed E-state index contributed by atoms with van der Waals surface area (Å²) in [5, 5.41) is 12.2. The van der Waals surface area contributed by atoms with Gasteiger partial charge in [-0.05, 0) is 50.5 Å². The quantitative estimate of drug-likeness (QED) is 0.941. The summed E-state index contributed by atoms with van der Waals surface area (Å²) in [7, 11) is 0. The van der Waals surface area contributed by atoms with Crippen LogP contribution >= 0.6 is 11.3 Å². The van der Waals surface area contributed by atoms with Crippen molar-refractivity contribution in [3.05, 3.63) is 40.4 Å². The average Bonchev–Trinajstić information content (AvgIpc) is 3.09. The summed E-state index contributed by atoms with van der Waals surface area (Å²) in [5.41, 5.74) is 1.67. The molecule has 1 N–H and O–H groups in total. The van der Waals surface area contributed by atoms with E-state index in [9.17, 15) is 4.79 Å². The largest absolute Gasteiger partial charge is 0.481 e. The highest BCUT2D eigenvalue weighted by molar-refractivity contribution is 7.15. The molecule has 0 saturated carbocycles. The van der Waals surface area contributed by atoms with Gasteiger partial charge in [0.05, 0.1) is 17.3 Å². The molecule has 6 heteroatoms. The first-order valence-corrected chi connectivity index (χ1v) is 7.93. The lowest BCUT2D eigenvalue weighted by molar-refractivity contribution is -0.122. The first-order valence-electron chi connectivity index (χ1n) is 7.12. The second-order valence-electron chi connectivity index (χ2n) is 5.13. The molecule has 0 aliphatic heterocycles. The van der Waals surface area contributed by atoms with Gasteiger partial charge >= 0.3 is 0 Å². The number of aryl methyl sites for hydroxylation is 2. The van der Waals surface area contributed by atoms with Crippen molar-refractivity contribution in [2.45, 2.75) is 32.3 Å². The number of hydrogen-bond acceptors (Lipinski definition) is 5. The summed E-state index contributed by atoms with van der Waals surface area (Å²) in [6.45, 7) is 1.69. The molecule has 1 aliphatic carbocycles. The van der Waals surface area contributed by atoms with E-state index in [2.05, 4.69) is 10.3 Å². The third kappa shape index (κ3) is 3.10. The molecule has 0 fully saturated rings. The Hall–Kier alpha value is -2.39. The Kier molecular flexibility index (Phi) is 4.07. The molecule has 3 rings (SSSR count). The number of benzene rings is 1. The van der Waals surface area contributed by atoms with Crippen molar-refractivity contribution in [1.29, 1.82) is 5.26 Å². The number of carbonyl (C=O) groups excluding carboxylic acids is 1. The molecule has 22 heavy (non-hydrogen) atoms. The molecule has 2 aromatic rings. The number of ether oxygens (including phenoxy) is 1. The van der Waals surface area contributed by atoms with Crippen LogP contribution in [0.25, 0.3) is 0 Å². The first kappa shape index (κ1) is 14.5. The third-order valence-corrected chi connectivity index (χ3v) is 4.56. The molecule has 1 aromatic carbocycles. The summed E-state index contributed by atoms with van der Waals surface area (Å²) >= 11 is 1.54. The van der Waals surface area contributed by atoms with E-state index in [1.807, 2.05) is 6.07 Å². The monoisotopic (exact) mass is 313 g/mol. The second kappa shape index (κ2) is 6.16. The number of anilines is 1.